The molecule has 0 unspecified atom stereocenters. The van der Waals surface area contributed by atoms with Gasteiger partial charge in [-0.2, -0.15) is 0 Å². The lowest BCUT2D eigenvalue weighted by molar-refractivity contribution is 0.352. The molecule has 12 heavy (non-hydrogen) atoms. The number of unbranched alkanes of at least 4 members (excludes halogenated alkanes) is 1. The van der Waals surface area contributed by atoms with Crippen LogP contribution in [0.25, 0.3) is 0 Å². The van der Waals surface area contributed by atoms with E-state index in [2.05, 4.69) is 34.6 Å². The third kappa shape index (κ3) is 12.7. The van der Waals surface area contributed by atoms with Gasteiger partial charge in [0.25, 0.3) is 0 Å². The van der Waals surface area contributed by atoms with E-state index in [-0.39, 0.29) is 7.43 Å². The number of hydrogen-bond acceptors (Lipinski definition) is 0. The Morgan fingerprint density at radius 2 is 1.50 bits per heavy atom. The molecule has 0 fully saturated rings. The van der Waals surface area contributed by atoms with Gasteiger partial charge in [0.05, 0.1) is 0 Å². The Morgan fingerprint density at radius 3 is 1.83 bits per heavy atom. The highest BCUT2D eigenvalue weighted by Crippen LogP contribution is 2.22. The van der Waals surface area contributed by atoms with E-state index in [1.54, 1.807) is 0 Å². The van der Waals surface area contributed by atoms with Gasteiger partial charge in [-0.1, -0.05) is 61.3 Å². The average Bonchev–Trinajstić information content (AvgIpc) is 1.78. The van der Waals surface area contributed by atoms with Gasteiger partial charge < -0.3 is 0 Å². The monoisotopic (exact) mass is 172 g/mol. The number of rotatable bonds is 4. The molecule has 0 saturated heterocycles. The van der Waals surface area contributed by atoms with Crippen molar-refractivity contribution in [3.8, 4) is 0 Å². The van der Waals surface area contributed by atoms with Crippen molar-refractivity contribution in [1.29, 1.82) is 0 Å². The van der Waals surface area contributed by atoms with E-state index in [4.69, 9.17) is 0 Å². The Balaban J connectivity index is 0. The molecule has 0 bridgehead atoms. The minimum Gasteiger partial charge on any atom is -0.0776 e. The molecule has 0 aliphatic rings. The third-order valence-electron chi connectivity index (χ3n) is 1.96. The second kappa shape index (κ2) is 6.51. The van der Waals surface area contributed by atoms with Crippen LogP contribution < -0.4 is 0 Å². The standard InChI is InChI=1S/C11H24.CH4/c1-10(2)8-6-7-9-11(3,4)5;/h10H,6-9H2,1-5H3;1H4. The summed E-state index contributed by atoms with van der Waals surface area (Å²) in [5.74, 6) is 0.884. The molecule has 0 atom stereocenters. The largest absolute Gasteiger partial charge is 0.0776 e. The first-order valence-corrected chi connectivity index (χ1v) is 4.92. The number of hydrogen-bond donors (Lipinski definition) is 0. The molecule has 0 aliphatic heterocycles. The Hall–Kier alpha value is 0. The molecule has 0 spiro atoms. The Labute approximate surface area is 79.8 Å². The first kappa shape index (κ1) is 14.5. The Morgan fingerprint density at radius 1 is 1.00 bits per heavy atom. The molecule has 0 aromatic carbocycles. The van der Waals surface area contributed by atoms with Crippen LogP contribution in [0.4, 0.5) is 0 Å². The topological polar surface area (TPSA) is 0 Å². The maximum Gasteiger partial charge on any atom is -0.0383 e. The highest BCUT2D eigenvalue weighted by Gasteiger charge is 2.08. The summed E-state index contributed by atoms with van der Waals surface area (Å²) in [6.45, 7) is 11.6. The summed E-state index contributed by atoms with van der Waals surface area (Å²) in [6, 6.07) is 0. The van der Waals surface area contributed by atoms with Crippen LogP contribution in [-0.4, -0.2) is 0 Å². The summed E-state index contributed by atoms with van der Waals surface area (Å²) in [4.78, 5) is 0. The molecule has 0 rings (SSSR count). The van der Waals surface area contributed by atoms with Gasteiger partial charge in [-0.25, -0.2) is 0 Å². The molecule has 0 heterocycles. The minimum atomic E-state index is 0. The fourth-order valence-corrected chi connectivity index (χ4v) is 1.21. The first-order valence-electron chi connectivity index (χ1n) is 4.92. The van der Waals surface area contributed by atoms with E-state index in [9.17, 15) is 0 Å². The van der Waals surface area contributed by atoms with Gasteiger partial charge in [0.2, 0.25) is 0 Å². The SMILES string of the molecule is C.CC(C)CCCCC(C)(C)C. The highest BCUT2D eigenvalue weighted by molar-refractivity contribution is 4.61. The van der Waals surface area contributed by atoms with Gasteiger partial charge >= 0.3 is 0 Å². The second-order valence-electron chi connectivity index (χ2n) is 5.20. The minimum absolute atomic E-state index is 0. The molecular weight excluding hydrogens is 144 g/mol. The van der Waals surface area contributed by atoms with Gasteiger partial charge in [0.1, 0.15) is 0 Å². The van der Waals surface area contributed by atoms with Crippen LogP contribution in [0.5, 0.6) is 0 Å². The zero-order valence-electron chi connectivity index (χ0n) is 8.91. The molecule has 0 aromatic heterocycles. The fourth-order valence-electron chi connectivity index (χ4n) is 1.21. The second-order valence-corrected chi connectivity index (χ2v) is 5.20. The zero-order valence-corrected chi connectivity index (χ0v) is 8.91. The molecule has 0 amide bonds. The van der Waals surface area contributed by atoms with E-state index < -0.39 is 0 Å². The quantitative estimate of drug-likeness (QED) is 0.530. The molecule has 0 heteroatoms. The van der Waals surface area contributed by atoms with Crippen LogP contribution in [0.1, 0.15) is 67.7 Å². The Kier molecular flexibility index (Phi) is 7.88. The lowest BCUT2D eigenvalue weighted by Crippen LogP contribution is -2.04. The highest BCUT2D eigenvalue weighted by atomic mass is 14.1. The summed E-state index contributed by atoms with van der Waals surface area (Å²) < 4.78 is 0. The summed E-state index contributed by atoms with van der Waals surface area (Å²) in [7, 11) is 0. The third-order valence-corrected chi connectivity index (χ3v) is 1.96. The predicted molar refractivity (Wildman–Crippen MR) is 59.5 cm³/mol. The molecule has 0 aromatic rings. The Bertz CT molecular complexity index is 84.7. The fraction of sp³-hybridized carbons (Fsp3) is 1.00. The molecule has 0 radical (unpaired) electrons. The van der Waals surface area contributed by atoms with Crippen molar-refractivity contribution >= 4 is 0 Å². The van der Waals surface area contributed by atoms with Gasteiger partial charge in [-0.05, 0) is 17.8 Å². The van der Waals surface area contributed by atoms with Crippen molar-refractivity contribution in [2.45, 2.75) is 67.7 Å². The molecule has 76 valence electrons. The molecule has 0 nitrogen and oxygen atoms in total. The van der Waals surface area contributed by atoms with Crippen molar-refractivity contribution in [3.05, 3.63) is 0 Å². The lowest BCUT2D eigenvalue weighted by atomic mass is 9.89. The molecule has 0 N–H and O–H groups in total. The molecular formula is C12H28. The van der Waals surface area contributed by atoms with Crippen LogP contribution in [0.2, 0.25) is 0 Å². The predicted octanol–water partition coefficient (Wildman–Crippen LogP) is 4.89. The van der Waals surface area contributed by atoms with Gasteiger partial charge in [0.15, 0.2) is 0 Å². The smallest absolute Gasteiger partial charge is 0.0383 e. The van der Waals surface area contributed by atoms with E-state index in [1.165, 1.54) is 25.7 Å². The first-order chi connectivity index (χ1) is 4.92. The average molecular weight is 172 g/mol. The van der Waals surface area contributed by atoms with Crippen LogP contribution >= 0.6 is 0 Å². The zero-order chi connectivity index (χ0) is 8.91. The van der Waals surface area contributed by atoms with Crippen LogP contribution in [0.3, 0.4) is 0 Å². The van der Waals surface area contributed by atoms with Crippen molar-refractivity contribution in [2.24, 2.45) is 11.3 Å². The van der Waals surface area contributed by atoms with E-state index in [0.29, 0.717) is 5.41 Å². The molecule has 0 saturated carbocycles. The van der Waals surface area contributed by atoms with Crippen molar-refractivity contribution in [2.75, 3.05) is 0 Å². The maximum absolute atomic E-state index is 2.32. The van der Waals surface area contributed by atoms with Crippen LogP contribution in [-0.2, 0) is 0 Å². The van der Waals surface area contributed by atoms with Gasteiger partial charge in [-0.3, -0.25) is 0 Å². The maximum atomic E-state index is 2.32. The molecule has 0 aliphatic carbocycles. The van der Waals surface area contributed by atoms with Crippen LogP contribution in [0, 0.1) is 11.3 Å². The normalized spacial score (nSPS) is 11.5. The van der Waals surface area contributed by atoms with Crippen molar-refractivity contribution in [1.82, 2.24) is 0 Å². The summed E-state index contributed by atoms with van der Waals surface area (Å²) in [5, 5.41) is 0. The summed E-state index contributed by atoms with van der Waals surface area (Å²) in [5.41, 5.74) is 0.539. The van der Waals surface area contributed by atoms with Gasteiger partial charge in [0, 0.05) is 0 Å². The van der Waals surface area contributed by atoms with E-state index >= 15 is 0 Å². The van der Waals surface area contributed by atoms with Crippen molar-refractivity contribution < 1.29 is 0 Å². The summed E-state index contributed by atoms with van der Waals surface area (Å²) >= 11 is 0. The summed E-state index contributed by atoms with van der Waals surface area (Å²) in [6.07, 6.45) is 5.59. The van der Waals surface area contributed by atoms with Gasteiger partial charge in [-0.15, -0.1) is 0 Å². The van der Waals surface area contributed by atoms with Crippen molar-refractivity contribution in [3.63, 3.8) is 0 Å². The van der Waals surface area contributed by atoms with Crippen LogP contribution in [0.15, 0.2) is 0 Å². The lowest BCUT2D eigenvalue weighted by Gasteiger charge is -2.17. The van der Waals surface area contributed by atoms with E-state index in [0.717, 1.165) is 5.92 Å². The van der Waals surface area contributed by atoms with E-state index in [1.807, 2.05) is 0 Å².